The molecular weight excluding hydrogens is 322 g/mol. The van der Waals surface area contributed by atoms with Crippen molar-refractivity contribution in [2.24, 2.45) is 17.8 Å². The monoisotopic (exact) mass is 345 g/mol. The Morgan fingerprint density at radius 3 is 2.76 bits per heavy atom. The van der Waals surface area contributed by atoms with Crippen LogP contribution in [-0.4, -0.2) is 29.3 Å². The van der Waals surface area contributed by atoms with Gasteiger partial charge in [0.05, 0.1) is 11.5 Å². The molecule has 2 saturated carbocycles. The van der Waals surface area contributed by atoms with Gasteiger partial charge in [0.15, 0.2) is 0 Å². The Balaban J connectivity index is 1.48. The van der Waals surface area contributed by atoms with Crippen molar-refractivity contribution in [1.82, 2.24) is 10.6 Å². The van der Waals surface area contributed by atoms with E-state index in [2.05, 4.69) is 10.6 Å². The van der Waals surface area contributed by atoms with Crippen LogP contribution in [0.5, 0.6) is 0 Å². The molecule has 0 saturated heterocycles. The zero-order chi connectivity index (χ0) is 18.0. The maximum absolute atomic E-state index is 12.1. The van der Waals surface area contributed by atoms with Crippen molar-refractivity contribution >= 4 is 17.5 Å². The van der Waals surface area contributed by atoms with Crippen molar-refractivity contribution in [2.45, 2.75) is 38.6 Å². The number of nitrogens with one attached hydrogen (secondary N) is 2. The van der Waals surface area contributed by atoms with Gasteiger partial charge in [-0.05, 0) is 50.0 Å². The van der Waals surface area contributed by atoms with Gasteiger partial charge in [0, 0.05) is 23.7 Å². The van der Waals surface area contributed by atoms with Crippen LogP contribution in [-0.2, 0) is 4.79 Å². The second-order valence-electron chi connectivity index (χ2n) is 7.19. The molecule has 0 aliphatic heterocycles. The maximum Gasteiger partial charge on any atom is 0.270 e. The fraction of sp³-hybridized carbons (Fsp3) is 0.556. The summed E-state index contributed by atoms with van der Waals surface area (Å²) in [6.07, 6.45) is 5.06. The molecule has 2 fully saturated rings. The van der Waals surface area contributed by atoms with Crippen molar-refractivity contribution < 1.29 is 14.5 Å². The first-order chi connectivity index (χ1) is 11.9. The average molecular weight is 345 g/mol. The van der Waals surface area contributed by atoms with E-state index in [1.807, 2.05) is 6.92 Å². The molecule has 0 radical (unpaired) electrons. The van der Waals surface area contributed by atoms with Gasteiger partial charge in [-0.3, -0.25) is 19.7 Å². The molecule has 3 rings (SSSR count). The largest absolute Gasteiger partial charge is 0.352 e. The summed E-state index contributed by atoms with van der Waals surface area (Å²) in [5.74, 6) is 1.36. The highest BCUT2D eigenvalue weighted by Crippen LogP contribution is 2.49. The molecule has 0 aromatic heterocycles. The molecule has 25 heavy (non-hydrogen) atoms. The second-order valence-corrected chi connectivity index (χ2v) is 7.19. The Morgan fingerprint density at radius 1 is 1.32 bits per heavy atom. The second kappa shape index (κ2) is 7.21. The summed E-state index contributed by atoms with van der Waals surface area (Å²) in [6, 6.07) is 5.56. The van der Waals surface area contributed by atoms with Crippen molar-refractivity contribution in [3.05, 3.63) is 39.9 Å². The SMILES string of the molecule is CC(NC(=O)CNC(=O)c1cccc([N+](=O)[O-])c1)C1CC2CCC1C2. The van der Waals surface area contributed by atoms with Gasteiger partial charge >= 0.3 is 0 Å². The Bertz CT molecular complexity index is 691. The highest BCUT2D eigenvalue weighted by atomic mass is 16.6. The first kappa shape index (κ1) is 17.4. The molecule has 4 unspecified atom stereocenters. The molecule has 134 valence electrons. The summed E-state index contributed by atoms with van der Waals surface area (Å²) in [5.41, 5.74) is 0.0187. The minimum absolute atomic E-state index is 0.109. The van der Waals surface area contributed by atoms with Crippen LogP contribution in [0.2, 0.25) is 0 Å². The minimum Gasteiger partial charge on any atom is -0.352 e. The molecule has 1 aromatic carbocycles. The molecule has 7 nitrogen and oxygen atoms in total. The van der Waals surface area contributed by atoms with E-state index in [1.165, 1.54) is 49.9 Å². The van der Waals surface area contributed by atoms with E-state index in [0.717, 1.165) is 11.8 Å². The third-order valence-electron chi connectivity index (χ3n) is 5.55. The number of hydrogen-bond acceptors (Lipinski definition) is 4. The molecule has 2 N–H and O–H groups in total. The molecule has 4 atom stereocenters. The number of carbonyl (C=O) groups is 2. The van der Waals surface area contributed by atoms with Crippen LogP contribution in [0.4, 0.5) is 5.69 Å². The topological polar surface area (TPSA) is 101 Å². The molecule has 1 aromatic rings. The van der Waals surface area contributed by atoms with Crippen LogP contribution in [0, 0.1) is 27.9 Å². The quantitative estimate of drug-likeness (QED) is 0.610. The van der Waals surface area contributed by atoms with Crippen LogP contribution in [0.25, 0.3) is 0 Å². The Hall–Kier alpha value is -2.44. The number of nitro benzene ring substituents is 1. The van der Waals surface area contributed by atoms with Gasteiger partial charge in [0.25, 0.3) is 11.6 Å². The van der Waals surface area contributed by atoms with E-state index in [-0.39, 0.29) is 29.7 Å². The highest BCUT2D eigenvalue weighted by Gasteiger charge is 2.42. The fourth-order valence-electron chi connectivity index (χ4n) is 4.34. The molecule has 2 aliphatic carbocycles. The van der Waals surface area contributed by atoms with E-state index >= 15 is 0 Å². The molecule has 2 aliphatic rings. The summed E-state index contributed by atoms with van der Waals surface area (Å²) in [6.45, 7) is 1.90. The lowest BCUT2D eigenvalue weighted by Crippen LogP contribution is -2.44. The lowest BCUT2D eigenvalue weighted by atomic mass is 9.84. The molecule has 2 bridgehead atoms. The lowest BCUT2D eigenvalue weighted by molar-refractivity contribution is -0.384. The van der Waals surface area contributed by atoms with Gasteiger partial charge in [-0.15, -0.1) is 0 Å². The summed E-state index contributed by atoms with van der Waals surface area (Å²) < 4.78 is 0. The number of fused-ring (bicyclic) bond motifs is 2. The number of nitrogens with zero attached hydrogens (tertiary/aromatic N) is 1. The van der Waals surface area contributed by atoms with Crippen molar-refractivity contribution in [3.8, 4) is 0 Å². The van der Waals surface area contributed by atoms with Gasteiger partial charge in [-0.2, -0.15) is 0 Å². The van der Waals surface area contributed by atoms with Crippen LogP contribution in [0.3, 0.4) is 0 Å². The number of hydrogen-bond donors (Lipinski definition) is 2. The summed E-state index contributed by atoms with van der Waals surface area (Å²) in [5, 5.41) is 16.3. The molecular formula is C18H23N3O4. The van der Waals surface area contributed by atoms with Gasteiger partial charge in [-0.25, -0.2) is 0 Å². The number of benzene rings is 1. The third-order valence-corrected chi connectivity index (χ3v) is 5.55. The molecule has 7 heteroatoms. The first-order valence-corrected chi connectivity index (χ1v) is 8.76. The van der Waals surface area contributed by atoms with Crippen LogP contribution < -0.4 is 10.6 Å². The Kier molecular flexibility index (Phi) is 5.01. The van der Waals surface area contributed by atoms with Crippen LogP contribution in [0.1, 0.15) is 43.0 Å². The zero-order valence-corrected chi connectivity index (χ0v) is 14.2. The Labute approximate surface area is 146 Å². The fourth-order valence-corrected chi connectivity index (χ4v) is 4.34. The van der Waals surface area contributed by atoms with E-state index in [0.29, 0.717) is 5.92 Å². The number of non-ortho nitro benzene ring substituents is 1. The van der Waals surface area contributed by atoms with Crippen molar-refractivity contribution in [2.75, 3.05) is 6.54 Å². The Morgan fingerprint density at radius 2 is 2.12 bits per heavy atom. The van der Waals surface area contributed by atoms with Gasteiger partial charge in [0.1, 0.15) is 0 Å². The lowest BCUT2D eigenvalue weighted by Gasteiger charge is -2.28. The molecule has 0 heterocycles. The van der Waals surface area contributed by atoms with Crippen LogP contribution in [0.15, 0.2) is 24.3 Å². The number of nitro groups is 1. The van der Waals surface area contributed by atoms with Gasteiger partial charge in [-0.1, -0.05) is 12.5 Å². The first-order valence-electron chi connectivity index (χ1n) is 8.76. The standard InChI is InChI=1S/C18H23N3O4/c1-11(16-8-12-5-6-13(16)7-12)20-17(22)10-19-18(23)14-3-2-4-15(9-14)21(24)25/h2-4,9,11-13,16H,5-8,10H2,1H3,(H,19,23)(H,20,22). The molecule has 0 spiro atoms. The summed E-state index contributed by atoms with van der Waals surface area (Å²) in [4.78, 5) is 34.3. The van der Waals surface area contributed by atoms with Crippen molar-refractivity contribution in [3.63, 3.8) is 0 Å². The van der Waals surface area contributed by atoms with E-state index in [1.54, 1.807) is 0 Å². The normalized spacial score (nSPS) is 25.4. The van der Waals surface area contributed by atoms with E-state index in [4.69, 9.17) is 0 Å². The number of amides is 2. The summed E-state index contributed by atoms with van der Waals surface area (Å²) >= 11 is 0. The van der Waals surface area contributed by atoms with Gasteiger partial charge in [0.2, 0.25) is 5.91 Å². The summed E-state index contributed by atoms with van der Waals surface area (Å²) in [7, 11) is 0. The minimum atomic E-state index is -0.555. The predicted molar refractivity (Wildman–Crippen MR) is 92.0 cm³/mol. The smallest absolute Gasteiger partial charge is 0.270 e. The number of carbonyl (C=O) groups excluding carboxylic acids is 2. The van der Waals surface area contributed by atoms with E-state index < -0.39 is 10.8 Å². The van der Waals surface area contributed by atoms with Gasteiger partial charge < -0.3 is 10.6 Å². The average Bonchev–Trinajstić information content (AvgIpc) is 3.23. The predicted octanol–water partition coefficient (Wildman–Crippen LogP) is 2.27. The number of rotatable bonds is 6. The third kappa shape index (κ3) is 3.97. The zero-order valence-electron chi connectivity index (χ0n) is 14.2. The van der Waals surface area contributed by atoms with E-state index in [9.17, 15) is 19.7 Å². The van der Waals surface area contributed by atoms with Crippen molar-refractivity contribution in [1.29, 1.82) is 0 Å². The highest BCUT2D eigenvalue weighted by molar-refractivity contribution is 5.96. The molecule has 2 amide bonds. The maximum atomic E-state index is 12.1. The van der Waals surface area contributed by atoms with Crippen LogP contribution >= 0.6 is 0 Å².